The third kappa shape index (κ3) is 3.26. The first-order valence-corrected chi connectivity index (χ1v) is 7.23. The van der Waals surface area contributed by atoms with Gasteiger partial charge in [-0.1, -0.05) is 13.3 Å². The molecule has 1 amide bonds. The third-order valence-electron chi connectivity index (χ3n) is 4.75. The lowest BCUT2D eigenvalue weighted by Crippen LogP contribution is -2.41. The van der Waals surface area contributed by atoms with Crippen LogP contribution in [0.25, 0.3) is 0 Å². The number of aliphatic carboxylic acids is 1. The van der Waals surface area contributed by atoms with E-state index in [1.807, 2.05) is 18.7 Å². The van der Waals surface area contributed by atoms with E-state index in [1.165, 1.54) is 0 Å². The molecule has 2 N–H and O–H groups in total. The Balaban J connectivity index is 0.00000200. The second-order valence-electron chi connectivity index (χ2n) is 6.10. The molecule has 2 aliphatic rings. The Morgan fingerprint density at radius 2 is 2.20 bits per heavy atom. The second-order valence-corrected chi connectivity index (χ2v) is 6.10. The van der Waals surface area contributed by atoms with Crippen molar-refractivity contribution < 1.29 is 14.7 Å². The first-order chi connectivity index (χ1) is 8.98. The Bertz CT molecular complexity index is 377. The van der Waals surface area contributed by atoms with Crippen molar-refractivity contribution in [3.63, 3.8) is 0 Å². The predicted molar refractivity (Wildman–Crippen MR) is 79.0 cm³/mol. The fraction of sp³-hybridized carbons (Fsp3) is 0.857. The second kappa shape index (κ2) is 6.76. The average molecular weight is 305 g/mol. The van der Waals surface area contributed by atoms with Crippen molar-refractivity contribution in [2.45, 2.75) is 45.6 Å². The number of carboxylic acid groups (broad SMARTS) is 1. The molecule has 1 saturated carbocycles. The summed E-state index contributed by atoms with van der Waals surface area (Å²) in [6.45, 7) is 5.62. The Kier molecular flexibility index (Phi) is 5.83. The number of carboxylic acids is 1. The van der Waals surface area contributed by atoms with Gasteiger partial charge in [-0.05, 0) is 32.1 Å². The van der Waals surface area contributed by atoms with Crippen LogP contribution in [0.5, 0.6) is 0 Å². The van der Waals surface area contributed by atoms with Gasteiger partial charge in [0.15, 0.2) is 0 Å². The molecule has 0 aromatic rings. The summed E-state index contributed by atoms with van der Waals surface area (Å²) < 4.78 is 0. The highest BCUT2D eigenvalue weighted by Gasteiger charge is 2.54. The zero-order chi connectivity index (χ0) is 14.0. The van der Waals surface area contributed by atoms with Crippen LogP contribution >= 0.6 is 12.4 Å². The first kappa shape index (κ1) is 17.2. The van der Waals surface area contributed by atoms with Crippen molar-refractivity contribution in [1.29, 1.82) is 0 Å². The van der Waals surface area contributed by atoms with Crippen LogP contribution in [0.15, 0.2) is 0 Å². The molecule has 2 fully saturated rings. The molecule has 2 rings (SSSR count). The standard InChI is InChI=1S/C14H24N2O3.ClH/c1-3-10(2)15-12(17)8-16-7-11-5-4-6-14(11,9-16)13(18)19;/h10-11H,3-9H2,1-2H3,(H,15,17)(H,18,19);1H/t10?,11-,14+;/m0./s1. The Morgan fingerprint density at radius 3 is 2.75 bits per heavy atom. The Labute approximate surface area is 126 Å². The lowest BCUT2D eigenvalue weighted by atomic mass is 9.81. The summed E-state index contributed by atoms with van der Waals surface area (Å²) in [6, 6.07) is 0.183. The number of nitrogens with zero attached hydrogens (tertiary/aromatic N) is 1. The van der Waals surface area contributed by atoms with Crippen molar-refractivity contribution in [3.05, 3.63) is 0 Å². The Morgan fingerprint density at radius 1 is 1.50 bits per heavy atom. The van der Waals surface area contributed by atoms with Gasteiger partial charge in [-0.15, -0.1) is 12.4 Å². The maximum absolute atomic E-state index is 11.9. The summed E-state index contributed by atoms with van der Waals surface area (Å²) >= 11 is 0. The largest absolute Gasteiger partial charge is 0.481 e. The molecule has 0 spiro atoms. The number of carbonyl (C=O) groups is 2. The van der Waals surface area contributed by atoms with E-state index in [0.717, 1.165) is 32.2 Å². The van der Waals surface area contributed by atoms with Crippen molar-refractivity contribution in [2.24, 2.45) is 11.3 Å². The number of carbonyl (C=O) groups excluding carboxylic acids is 1. The smallest absolute Gasteiger partial charge is 0.311 e. The molecule has 1 aliphatic heterocycles. The minimum absolute atomic E-state index is 0. The van der Waals surface area contributed by atoms with E-state index >= 15 is 0 Å². The summed E-state index contributed by atoms with van der Waals surface area (Å²) in [5, 5.41) is 12.4. The molecule has 1 aliphatic carbocycles. The van der Waals surface area contributed by atoms with Gasteiger partial charge in [-0.25, -0.2) is 0 Å². The quantitative estimate of drug-likeness (QED) is 0.808. The lowest BCUT2D eigenvalue weighted by Gasteiger charge is -2.23. The number of amides is 1. The Hall–Kier alpha value is -0.810. The summed E-state index contributed by atoms with van der Waals surface area (Å²) in [6.07, 6.45) is 3.66. The van der Waals surface area contributed by atoms with Crippen LogP contribution < -0.4 is 5.32 Å². The van der Waals surface area contributed by atoms with Gasteiger partial charge in [-0.2, -0.15) is 0 Å². The number of fused-ring (bicyclic) bond motifs is 1. The van der Waals surface area contributed by atoms with E-state index in [0.29, 0.717) is 13.1 Å². The highest BCUT2D eigenvalue weighted by atomic mass is 35.5. The highest BCUT2D eigenvalue weighted by molar-refractivity contribution is 5.85. The molecule has 6 heteroatoms. The SMILES string of the molecule is CCC(C)NC(=O)CN1C[C@@H]2CCC[C@@]2(C(=O)O)C1.Cl. The third-order valence-corrected chi connectivity index (χ3v) is 4.75. The van der Waals surface area contributed by atoms with Crippen molar-refractivity contribution in [3.8, 4) is 0 Å². The van der Waals surface area contributed by atoms with Crippen LogP contribution in [-0.4, -0.2) is 47.6 Å². The van der Waals surface area contributed by atoms with Gasteiger partial charge < -0.3 is 10.4 Å². The van der Waals surface area contributed by atoms with Crippen LogP contribution in [-0.2, 0) is 9.59 Å². The summed E-state index contributed by atoms with van der Waals surface area (Å²) in [4.78, 5) is 25.4. The average Bonchev–Trinajstić information content (AvgIpc) is 2.85. The molecule has 5 nitrogen and oxygen atoms in total. The number of hydrogen-bond acceptors (Lipinski definition) is 3. The minimum atomic E-state index is -0.681. The molecule has 0 aromatic carbocycles. The number of halogens is 1. The van der Waals surface area contributed by atoms with Crippen LogP contribution in [0, 0.1) is 11.3 Å². The van der Waals surface area contributed by atoms with Gasteiger partial charge in [-0.3, -0.25) is 14.5 Å². The van der Waals surface area contributed by atoms with Crippen molar-refractivity contribution in [1.82, 2.24) is 10.2 Å². The van der Waals surface area contributed by atoms with Gasteiger partial charge in [0.1, 0.15) is 0 Å². The van der Waals surface area contributed by atoms with Crippen LogP contribution in [0.1, 0.15) is 39.5 Å². The molecule has 3 atom stereocenters. The molecule has 20 heavy (non-hydrogen) atoms. The zero-order valence-electron chi connectivity index (χ0n) is 12.2. The van der Waals surface area contributed by atoms with Gasteiger partial charge in [0.05, 0.1) is 12.0 Å². The molecule has 0 radical (unpaired) electrons. The molecule has 1 saturated heterocycles. The van der Waals surface area contributed by atoms with E-state index in [1.54, 1.807) is 0 Å². The van der Waals surface area contributed by atoms with Crippen LogP contribution in [0.4, 0.5) is 0 Å². The van der Waals surface area contributed by atoms with Gasteiger partial charge in [0.25, 0.3) is 0 Å². The highest BCUT2D eigenvalue weighted by Crippen LogP contribution is 2.48. The van der Waals surface area contributed by atoms with Gasteiger partial charge >= 0.3 is 5.97 Å². The normalized spacial score (nSPS) is 30.4. The first-order valence-electron chi connectivity index (χ1n) is 7.23. The number of nitrogens with one attached hydrogen (secondary N) is 1. The molecule has 1 unspecified atom stereocenters. The van der Waals surface area contributed by atoms with Gasteiger partial charge in [0, 0.05) is 19.1 Å². The van der Waals surface area contributed by atoms with E-state index in [2.05, 4.69) is 5.32 Å². The molecule has 1 heterocycles. The summed E-state index contributed by atoms with van der Waals surface area (Å²) in [7, 11) is 0. The van der Waals surface area contributed by atoms with Crippen LogP contribution in [0.3, 0.4) is 0 Å². The number of rotatable bonds is 5. The van der Waals surface area contributed by atoms with E-state index in [9.17, 15) is 14.7 Å². The van der Waals surface area contributed by atoms with E-state index in [-0.39, 0.29) is 30.3 Å². The maximum Gasteiger partial charge on any atom is 0.311 e. The predicted octanol–water partition coefficient (Wildman–Crippen LogP) is 1.51. The van der Waals surface area contributed by atoms with Crippen molar-refractivity contribution >= 4 is 24.3 Å². The molecule has 0 aromatic heterocycles. The lowest BCUT2D eigenvalue weighted by molar-refractivity contribution is -0.149. The molecular weight excluding hydrogens is 280 g/mol. The minimum Gasteiger partial charge on any atom is -0.481 e. The monoisotopic (exact) mass is 304 g/mol. The van der Waals surface area contributed by atoms with Gasteiger partial charge in [0.2, 0.25) is 5.91 Å². The zero-order valence-corrected chi connectivity index (χ0v) is 13.0. The van der Waals surface area contributed by atoms with E-state index < -0.39 is 11.4 Å². The topological polar surface area (TPSA) is 69.6 Å². The maximum atomic E-state index is 11.9. The van der Waals surface area contributed by atoms with E-state index in [4.69, 9.17) is 0 Å². The summed E-state index contributed by atoms with van der Waals surface area (Å²) in [5.41, 5.74) is -0.587. The fourth-order valence-electron chi connectivity index (χ4n) is 3.49. The summed E-state index contributed by atoms with van der Waals surface area (Å²) in [5.74, 6) is -0.448. The number of hydrogen-bond donors (Lipinski definition) is 2. The van der Waals surface area contributed by atoms with Crippen molar-refractivity contribution in [2.75, 3.05) is 19.6 Å². The fourth-order valence-corrected chi connectivity index (χ4v) is 3.49. The molecule has 0 bridgehead atoms. The molecular formula is C14H25ClN2O3. The molecule has 116 valence electrons. The number of likely N-dealkylation sites (tertiary alicyclic amines) is 1. The van der Waals surface area contributed by atoms with Crippen LogP contribution in [0.2, 0.25) is 0 Å².